The lowest BCUT2D eigenvalue weighted by molar-refractivity contribution is -0.137. The topological polar surface area (TPSA) is 59.8 Å². The van der Waals surface area contributed by atoms with Crippen molar-refractivity contribution in [2.24, 2.45) is 0 Å². The molecule has 0 aliphatic heterocycles. The van der Waals surface area contributed by atoms with Crippen molar-refractivity contribution < 1.29 is 18.0 Å². The molecule has 148 valence electrons. The lowest BCUT2D eigenvalue weighted by atomic mass is 10.1. The number of thiazole rings is 1. The van der Waals surface area contributed by atoms with Crippen LogP contribution in [0.4, 0.5) is 19.0 Å². The second kappa shape index (κ2) is 8.14. The number of rotatable bonds is 6. The summed E-state index contributed by atoms with van der Waals surface area (Å²) in [6, 6.07) is 6.72. The molecule has 0 saturated carbocycles. The summed E-state index contributed by atoms with van der Waals surface area (Å²) >= 11 is 1.29. The Kier molecular flexibility index (Phi) is 5.83. The van der Waals surface area contributed by atoms with Crippen molar-refractivity contribution in [1.29, 1.82) is 0 Å². The van der Waals surface area contributed by atoms with Crippen LogP contribution in [0, 0.1) is 0 Å². The maximum atomic E-state index is 12.7. The van der Waals surface area contributed by atoms with Crippen molar-refractivity contribution in [1.82, 2.24) is 14.8 Å². The Labute approximate surface area is 164 Å². The highest BCUT2D eigenvalue weighted by molar-refractivity contribution is 7.13. The van der Waals surface area contributed by atoms with E-state index in [1.807, 2.05) is 13.8 Å². The third-order valence-electron chi connectivity index (χ3n) is 4.30. The Balaban J connectivity index is 1.66. The van der Waals surface area contributed by atoms with E-state index >= 15 is 0 Å². The molecular weight excluding hydrogens is 389 g/mol. The Bertz CT molecular complexity index is 947. The quantitative estimate of drug-likeness (QED) is 0.612. The fourth-order valence-corrected chi connectivity index (χ4v) is 3.44. The molecule has 1 N–H and O–H groups in total. The van der Waals surface area contributed by atoms with Gasteiger partial charge in [0, 0.05) is 17.0 Å². The molecule has 28 heavy (non-hydrogen) atoms. The number of benzene rings is 1. The van der Waals surface area contributed by atoms with Gasteiger partial charge in [0.15, 0.2) is 0 Å². The third-order valence-corrected chi connectivity index (χ3v) is 5.24. The minimum Gasteiger partial charge on any atom is -0.311 e. The standard InChI is InChI=1S/C19H19F3N4OS/c1-3-12(2)26-16(8-9-23-26)25-17(27)10-15-11-28-18(24-15)13-4-6-14(7-5-13)19(20,21)22/h4-9,11-12H,3,10H2,1-2H3,(H,25,27). The van der Waals surface area contributed by atoms with Crippen molar-refractivity contribution in [3.63, 3.8) is 0 Å². The normalized spacial score (nSPS) is 12.8. The van der Waals surface area contributed by atoms with E-state index in [4.69, 9.17) is 0 Å². The van der Waals surface area contributed by atoms with Gasteiger partial charge >= 0.3 is 6.18 Å². The highest BCUT2D eigenvalue weighted by Gasteiger charge is 2.30. The van der Waals surface area contributed by atoms with Gasteiger partial charge in [0.1, 0.15) is 10.8 Å². The van der Waals surface area contributed by atoms with Crippen LogP contribution in [0.3, 0.4) is 0 Å². The monoisotopic (exact) mass is 408 g/mol. The number of hydrogen-bond acceptors (Lipinski definition) is 4. The summed E-state index contributed by atoms with van der Waals surface area (Å²) in [6.07, 6.45) is -1.78. The molecule has 0 fully saturated rings. The molecule has 1 amide bonds. The van der Waals surface area contributed by atoms with Crippen LogP contribution in [-0.4, -0.2) is 20.7 Å². The van der Waals surface area contributed by atoms with Gasteiger partial charge in [0.25, 0.3) is 0 Å². The van der Waals surface area contributed by atoms with E-state index in [9.17, 15) is 18.0 Å². The molecule has 5 nitrogen and oxygen atoms in total. The molecule has 2 heterocycles. The largest absolute Gasteiger partial charge is 0.416 e. The van der Waals surface area contributed by atoms with Gasteiger partial charge in [-0.3, -0.25) is 4.79 Å². The summed E-state index contributed by atoms with van der Waals surface area (Å²) in [5.74, 6) is 0.395. The first-order chi connectivity index (χ1) is 13.3. The zero-order valence-electron chi connectivity index (χ0n) is 15.3. The first-order valence-electron chi connectivity index (χ1n) is 8.73. The highest BCUT2D eigenvalue weighted by atomic mass is 32.1. The molecule has 0 radical (unpaired) electrons. The Morgan fingerprint density at radius 3 is 2.61 bits per heavy atom. The number of nitrogens with one attached hydrogen (secondary N) is 1. The van der Waals surface area contributed by atoms with Gasteiger partial charge in [-0.15, -0.1) is 11.3 Å². The Morgan fingerprint density at radius 1 is 1.25 bits per heavy atom. The number of carbonyl (C=O) groups excluding carboxylic acids is 1. The number of amides is 1. The van der Waals surface area contributed by atoms with Crippen LogP contribution >= 0.6 is 11.3 Å². The maximum absolute atomic E-state index is 12.7. The molecule has 0 saturated heterocycles. The van der Waals surface area contributed by atoms with Crippen molar-refractivity contribution >= 4 is 23.1 Å². The van der Waals surface area contributed by atoms with E-state index in [1.54, 1.807) is 22.3 Å². The van der Waals surface area contributed by atoms with Crippen molar-refractivity contribution in [2.45, 2.75) is 38.9 Å². The fourth-order valence-electron chi connectivity index (χ4n) is 2.61. The zero-order chi connectivity index (χ0) is 20.3. The van der Waals surface area contributed by atoms with Crippen LogP contribution in [0.25, 0.3) is 10.6 Å². The predicted octanol–water partition coefficient (Wildman–Crippen LogP) is 5.18. The molecule has 2 aromatic heterocycles. The lowest BCUT2D eigenvalue weighted by Crippen LogP contribution is -2.19. The van der Waals surface area contributed by atoms with E-state index in [1.165, 1.54) is 23.5 Å². The van der Waals surface area contributed by atoms with Gasteiger partial charge in [-0.25, -0.2) is 9.67 Å². The SMILES string of the molecule is CCC(C)n1nccc1NC(=O)Cc1csc(-c2ccc(C(F)(F)F)cc2)n1. The molecule has 0 aliphatic carbocycles. The first kappa shape index (κ1) is 20.1. The lowest BCUT2D eigenvalue weighted by Gasteiger charge is -2.13. The number of nitrogens with zero attached hydrogens (tertiary/aromatic N) is 3. The van der Waals surface area contributed by atoms with Crippen LogP contribution in [-0.2, 0) is 17.4 Å². The first-order valence-corrected chi connectivity index (χ1v) is 9.61. The minimum absolute atomic E-state index is 0.0722. The Hall–Kier alpha value is -2.68. The summed E-state index contributed by atoms with van der Waals surface area (Å²) in [5, 5.41) is 9.36. The van der Waals surface area contributed by atoms with Crippen LogP contribution < -0.4 is 5.32 Å². The summed E-state index contributed by atoms with van der Waals surface area (Å²) < 4.78 is 39.7. The van der Waals surface area contributed by atoms with Gasteiger partial charge in [-0.2, -0.15) is 18.3 Å². The molecular formula is C19H19F3N4OS. The molecule has 3 aromatic rings. The average Bonchev–Trinajstić information content (AvgIpc) is 3.30. The molecule has 0 spiro atoms. The molecule has 1 atom stereocenters. The second-order valence-corrected chi connectivity index (χ2v) is 7.22. The second-order valence-electron chi connectivity index (χ2n) is 6.36. The molecule has 0 aliphatic rings. The molecule has 3 rings (SSSR count). The number of alkyl halides is 3. The number of anilines is 1. The van der Waals surface area contributed by atoms with Gasteiger partial charge in [-0.05, 0) is 25.5 Å². The van der Waals surface area contributed by atoms with E-state index in [-0.39, 0.29) is 18.4 Å². The van der Waals surface area contributed by atoms with Gasteiger partial charge in [-0.1, -0.05) is 19.1 Å². The maximum Gasteiger partial charge on any atom is 0.416 e. The minimum atomic E-state index is -4.37. The van der Waals surface area contributed by atoms with E-state index in [2.05, 4.69) is 15.4 Å². The molecule has 0 bridgehead atoms. The smallest absolute Gasteiger partial charge is 0.311 e. The van der Waals surface area contributed by atoms with Crippen LogP contribution in [0.5, 0.6) is 0 Å². The van der Waals surface area contributed by atoms with Gasteiger partial charge < -0.3 is 5.32 Å². The summed E-state index contributed by atoms with van der Waals surface area (Å²) in [7, 11) is 0. The molecule has 1 aromatic carbocycles. The number of hydrogen-bond donors (Lipinski definition) is 1. The van der Waals surface area contributed by atoms with Crippen molar-refractivity contribution in [3.05, 3.63) is 53.2 Å². The van der Waals surface area contributed by atoms with Crippen molar-refractivity contribution in [3.8, 4) is 10.6 Å². The van der Waals surface area contributed by atoms with Crippen LogP contribution in [0.15, 0.2) is 41.9 Å². The van der Waals surface area contributed by atoms with Crippen molar-refractivity contribution in [2.75, 3.05) is 5.32 Å². The predicted molar refractivity (Wildman–Crippen MR) is 102 cm³/mol. The van der Waals surface area contributed by atoms with E-state index in [0.29, 0.717) is 22.1 Å². The summed E-state index contributed by atoms with van der Waals surface area (Å²) in [5.41, 5.74) is 0.442. The van der Waals surface area contributed by atoms with Crippen LogP contribution in [0.1, 0.15) is 37.6 Å². The Morgan fingerprint density at radius 2 is 1.96 bits per heavy atom. The molecule has 1 unspecified atom stereocenters. The van der Waals surface area contributed by atoms with E-state index in [0.717, 1.165) is 18.6 Å². The number of carbonyl (C=O) groups is 1. The third kappa shape index (κ3) is 4.59. The number of halogens is 3. The number of aromatic nitrogens is 3. The summed E-state index contributed by atoms with van der Waals surface area (Å²) in [4.78, 5) is 16.7. The zero-order valence-corrected chi connectivity index (χ0v) is 16.1. The summed E-state index contributed by atoms with van der Waals surface area (Å²) in [6.45, 7) is 4.05. The fraction of sp³-hybridized carbons (Fsp3) is 0.316. The highest BCUT2D eigenvalue weighted by Crippen LogP contribution is 2.31. The average molecular weight is 408 g/mol. The van der Waals surface area contributed by atoms with E-state index < -0.39 is 11.7 Å². The molecule has 9 heteroatoms. The van der Waals surface area contributed by atoms with Gasteiger partial charge in [0.05, 0.1) is 29.9 Å². The van der Waals surface area contributed by atoms with Crippen LogP contribution in [0.2, 0.25) is 0 Å². The van der Waals surface area contributed by atoms with Gasteiger partial charge in [0.2, 0.25) is 5.91 Å².